The van der Waals surface area contributed by atoms with Crippen molar-refractivity contribution in [1.29, 1.82) is 0 Å². The van der Waals surface area contributed by atoms with Gasteiger partial charge in [0, 0.05) is 47.2 Å². The molecule has 5 N–H and O–H groups in total. The molecule has 0 aromatic heterocycles. The number of benzene rings is 2. The number of nitrogens with zero attached hydrogens (tertiary/aromatic N) is 2. The molecule has 0 bridgehead atoms. The summed E-state index contributed by atoms with van der Waals surface area (Å²) >= 11 is 0. The molecule has 2 aromatic carbocycles. The first-order valence-electron chi connectivity index (χ1n) is 20.6. The van der Waals surface area contributed by atoms with Crippen LogP contribution in [-0.2, 0) is 25.6 Å². The van der Waals surface area contributed by atoms with Crippen LogP contribution in [0.2, 0.25) is 0 Å². The van der Waals surface area contributed by atoms with Gasteiger partial charge >= 0.3 is 0 Å². The Kier molecular flexibility index (Phi) is 44.5. The number of aliphatic hydroxyl groups is 2. The summed E-state index contributed by atoms with van der Waals surface area (Å²) in [6.45, 7) is 18.0. The molecule has 0 heterocycles. The van der Waals surface area contributed by atoms with E-state index in [0.717, 1.165) is 52.0 Å². The highest BCUT2D eigenvalue weighted by Crippen LogP contribution is 2.19. The maximum Gasteiger partial charge on any atom is 0.242 e. The predicted octanol–water partition coefficient (Wildman–Crippen LogP) is 7.17. The van der Waals surface area contributed by atoms with Crippen LogP contribution in [0.15, 0.2) is 60.7 Å². The van der Waals surface area contributed by atoms with E-state index in [1.54, 1.807) is 11.9 Å². The molecule has 0 fully saturated rings. The Morgan fingerprint density at radius 1 is 0.679 bits per heavy atom. The summed E-state index contributed by atoms with van der Waals surface area (Å²) in [6.07, 6.45) is 9.15. The smallest absolute Gasteiger partial charge is 0.242 e. The molecule has 2 unspecified atom stereocenters. The molecule has 4 amide bonds. The van der Waals surface area contributed by atoms with E-state index < -0.39 is 6.04 Å². The lowest BCUT2D eigenvalue weighted by Gasteiger charge is -2.23. The number of nitrogens with one attached hydrogen (secondary N) is 3. The van der Waals surface area contributed by atoms with E-state index in [1.165, 1.54) is 24.8 Å². The molecule has 11 heteroatoms. The van der Waals surface area contributed by atoms with E-state index in [9.17, 15) is 19.2 Å². The molecule has 2 aromatic rings. The van der Waals surface area contributed by atoms with Crippen molar-refractivity contribution in [2.24, 2.45) is 5.92 Å². The molecule has 0 saturated heterocycles. The van der Waals surface area contributed by atoms with E-state index in [0.29, 0.717) is 32.4 Å². The lowest BCUT2D eigenvalue weighted by atomic mass is 9.98. The van der Waals surface area contributed by atoms with Crippen LogP contribution in [0, 0.1) is 5.92 Å². The summed E-state index contributed by atoms with van der Waals surface area (Å²) in [5.41, 5.74) is 2.31. The van der Waals surface area contributed by atoms with Gasteiger partial charge in [0.2, 0.25) is 23.6 Å². The summed E-state index contributed by atoms with van der Waals surface area (Å²) in [4.78, 5) is 51.9. The van der Waals surface area contributed by atoms with Crippen LogP contribution >= 0.6 is 0 Å². The Labute approximate surface area is 342 Å². The number of carbonyl (C=O) groups is 4. The Bertz CT molecular complexity index is 1180. The monoisotopic (exact) mass is 790 g/mol. The minimum Gasteiger partial charge on any atom is -0.400 e. The van der Waals surface area contributed by atoms with Crippen LogP contribution in [0.1, 0.15) is 130 Å². The molecule has 56 heavy (non-hydrogen) atoms. The Hall–Kier alpha value is -3.80. The van der Waals surface area contributed by atoms with Crippen LogP contribution in [0.25, 0.3) is 0 Å². The van der Waals surface area contributed by atoms with Crippen molar-refractivity contribution >= 4 is 23.6 Å². The number of carbonyl (C=O) groups excluding carboxylic acids is 4. The number of hydrogen-bond donors (Lipinski definition) is 5. The van der Waals surface area contributed by atoms with Gasteiger partial charge in [-0.3, -0.25) is 19.2 Å². The van der Waals surface area contributed by atoms with Crippen LogP contribution in [0.4, 0.5) is 0 Å². The molecular weight excluding hydrogens is 707 g/mol. The Balaban J connectivity index is -0.000000471. The number of rotatable bonds is 20. The fourth-order valence-electron chi connectivity index (χ4n) is 5.17. The zero-order chi connectivity index (χ0) is 43.7. The maximum atomic E-state index is 12.8. The minimum atomic E-state index is -0.456. The molecule has 2 atom stereocenters. The molecular formula is C45H83N5O6. The molecule has 0 aliphatic carbocycles. The fourth-order valence-corrected chi connectivity index (χ4v) is 5.17. The second-order valence-corrected chi connectivity index (χ2v) is 13.4. The molecule has 0 saturated carbocycles. The van der Waals surface area contributed by atoms with E-state index in [-0.39, 0.29) is 35.6 Å². The summed E-state index contributed by atoms with van der Waals surface area (Å²) in [5, 5.41) is 22.5. The summed E-state index contributed by atoms with van der Waals surface area (Å²) in [5.74, 6) is 0.0618. The van der Waals surface area contributed by atoms with Crippen LogP contribution in [0.3, 0.4) is 0 Å². The van der Waals surface area contributed by atoms with Crippen LogP contribution in [-0.4, -0.2) is 105 Å². The van der Waals surface area contributed by atoms with Crippen molar-refractivity contribution in [3.05, 3.63) is 71.8 Å². The predicted molar refractivity (Wildman–Crippen MR) is 235 cm³/mol. The van der Waals surface area contributed by atoms with Gasteiger partial charge in [0.15, 0.2) is 0 Å². The van der Waals surface area contributed by atoms with E-state index >= 15 is 0 Å². The summed E-state index contributed by atoms with van der Waals surface area (Å²) < 4.78 is 0. The fraction of sp³-hybridized carbons (Fsp3) is 0.644. The number of unbranched alkanes of at least 4 members (excludes halogenated alkanes) is 3. The van der Waals surface area contributed by atoms with Gasteiger partial charge in [0.1, 0.15) is 6.04 Å². The van der Waals surface area contributed by atoms with Crippen molar-refractivity contribution in [3.63, 3.8) is 0 Å². The van der Waals surface area contributed by atoms with Gasteiger partial charge in [-0.25, -0.2) is 0 Å². The van der Waals surface area contributed by atoms with Gasteiger partial charge in [0.25, 0.3) is 0 Å². The molecule has 11 nitrogen and oxygen atoms in total. The number of likely N-dealkylation sites (N-methyl/N-ethyl adjacent to an activating group) is 2. The number of aliphatic hydroxyl groups excluding tert-OH is 2. The van der Waals surface area contributed by atoms with Crippen molar-refractivity contribution in [3.8, 4) is 0 Å². The first-order valence-corrected chi connectivity index (χ1v) is 20.6. The molecule has 324 valence electrons. The first-order chi connectivity index (χ1) is 26.9. The standard InChI is InChI=1S/C28H40N2O2.C10H21N3O2.C3H8.C2H6.2CH4O/c1-3-5-6-13-20-28(32)30(21-4-2)22-14-19-27(31)29-26(25-17-11-8-12-18-25)23-24-15-9-7-10-16-24;1-7(2)9(10(15)11-3)12-8(14)6-13(4)5;1-3-2;3*1-2/h7-12,15-18,26H,3-6,13-14,19-23H2,1-2H3,(H,29,31);7,9H,6H2,1-5H3,(H,11,15)(H,12,14);3H2,1-2H3;1-2H3;2*2H,1H3. The molecule has 0 aliphatic rings. The van der Waals surface area contributed by atoms with E-state index in [4.69, 9.17) is 10.2 Å². The van der Waals surface area contributed by atoms with Gasteiger partial charge in [0.05, 0.1) is 12.6 Å². The lowest BCUT2D eigenvalue weighted by molar-refractivity contribution is -0.132. The Morgan fingerprint density at radius 2 is 1.21 bits per heavy atom. The molecule has 0 spiro atoms. The minimum absolute atomic E-state index is 0.0432. The first kappa shape index (κ1) is 58.9. The van der Waals surface area contributed by atoms with Gasteiger partial charge < -0.3 is 36.0 Å². The second-order valence-electron chi connectivity index (χ2n) is 13.4. The normalized spacial score (nSPS) is 10.7. The van der Waals surface area contributed by atoms with E-state index in [2.05, 4.69) is 67.9 Å². The highest BCUT2D eigenvalue weighted by atomic mass is 16.2. The number of hydrogen-bond acceptors (Lipinski definition) is 7. The van der Waals surface area contributed by atoms with Crippen LogP contribution in [0.5, 0.6) is 0 Å². The maximum absolute atomic E-state index is 12.8. The largest absolute Gasteiger partial charge is 0.400 e. The van der Waals surface area contributed by atoms with Crippen molar-refractivity contribution in [2.45, 2.75) is 132 Å². The molecule has 2 rings (SSSR count). The zero-order valence-corrected chi connectivity index (χ0v) is 37.6. The topological polar surface area (TPSA) is 151 Å². The lowest BCUT2D eigenvalue weighted by Crippen LogP contribution is -2.50. The average molecular weight is 790 g/mol. The summed E-state index contributed by atoms with van der Waals surface area (Å²) in [6, 6.07) is 19.9. The van der Waals surface area contributed by atoms with E-state index in [1.807, 2.05) is 83.1 Å². The van der Waals surface area contributed by atoms with Crippen molar-refractivity contribution in [2.75, 3.05) is 55.0 Å². The Morgan fingerprint density at radius 3 is 1.68 bits per heavy atom. The number of amides is 4. The van der Waals surface area contributed by atoms with Crippen molar-refractivity contribution < 1.29 is 29.4 Å². The van der Waals surface area contributed by atoms with Crippen molar-refractivity contribution in [1.82, 2.24) is 25.8 Å². The molecule has 0 radical (unpaired) electrons. The average Bonchev–Trinajstić information content (AvgIpc) is 3.21. The second kappa shape index (κ2) is 42.3. The third-order valence-electron chi connectivity index (χ3n) is 7.71. The van der Waals surface area contributed by atoms with Crippen LogP contribution < -0.4 is 16.0 Å². The third-order valence-corrected chi connectivity index (χ3v) is 7.71. The van der Waals surface area contributed by atoms with Gasteiger partial charge in [-0.2, -0.15) is 0 Å². The SMILES string of the molecule is CC.CCC.CCCCCCC(=O)N(CCC)CCCC(=O)NC(Cc1ccccc1)c1ccccc1.CNC(=O)C(NC(=O)CN(C)C)C(C)C.CO.CO. The quantitative estimate of drug-likeness (QED) is 0.0893. The van der Waals surface area contributed by atoms with Gasteiger partial charge in [-0.05, 0) is 56.8 Å². The van der Waals surface area contributed by atoms with Gasteiger partial charge in [-0.1, -0.05) is 142 Å². The van der Waals surface area contributed by atoms with Gasteiger partial charge in [-0.15, -0.1) is 0 Å². The highest BCUT2D eigenvalue weighted by molar-refractivity contribution is 5.88. The molecule has 0 aliphatic heterocycles. The third kappa shape index (κ3) is 32.4. The summed E-state index contributed by atoms with van der Waals surface area (Å²) in [7, 11) is 7.18. The zero-order valence-electron chi connectivity index (χ0n) is 37.6. The highest BCUT2D eigenvalue weighted by Gasteiger charge is 2.23.